The summed E-state index contributed by atoms with van der Waals surface area (Å²) in [6.45, 7) is 3.25. The second-order valence-electron chi connectivity index (χ2n) is 10.6. The number of hydrogen-bond donors (Lipinski definition) is 2. The first-order chi connectivity index (χ1) is 17.5. The van der Waals surface area contributed by atoms with Gasteiger partial charge in [-0.3, -0.25) is 9.69 Å². The minimum absolute atomic E-state index is 0.0677. The van der Waals surface area contributed by atoms with Gasteiger partial charge in [-0.1, -0.05) is 47.5 Å². The molecule has 194 valence electrons. The molecule has 3 aromatic carbocycles. The Morgan fingerprint density at radius 3 is 2.16 bits per heavy atom. The zero-order valence-electron chi connectivity index (χ0n) is 20.6. The summed E-state index contributed by atoms with van der Waals surface area (Å²) in [5, 5.41) is 21.6. The summed E-state index contributed by atoms with van der Waals surface area (Å²) < 4.78 is 22.8. The first kappa shape index (κ1) is 26.1. The van der Waals surface area contributed by atoms with Crippen LogP contribution in [0.4, 0.5) is 4.39 Å². The van der Waals surface area contributed by atoms with E-state index in [2.05, 4.69) is 0 Å². The fourth-order valence-corrected chi connectivity index (χ4v) is 5.10. The molecule has 5 nitrogen and oxygen atoms in total. The lowest BCUT2D eigenvalue weighted by atomic mass is 9.88. The molecule has 1 heterocycles. The van der Waals surface area contributed by atoms with Gasteiger partial charge in [0.05, 0.1) is 29.9 Å². The van der Waals surface area contributed by atoms with Crippen molar-refractivity contribution in [2.75, 3.05) is 13.2 Å². The van der Waals surface area contributed by atoms with Crippen LogP contribution in [0.25, 0.3) is 0 Å². The SMILES string of the molecule is CC(C)(O)c1cc(F)c2c(c1)C(=O)N(Cc1ccc(Cl)cc1)[C@@]2(OCC1(CO)CC1)c1ccc(Cl)cc1. The standard InChI is InChI=1S/C29H28Cl2FNO4/c1-27(2,36)20-13-23-25(24(32)14-20)29(19-5-9-22(31)10-6-19,37-17-28(16-34)11-12-28)33(26(23)35)15-18-3-7-21(30)8-4-18/h3-10,13-14,34,36H,11-12,15-17H2,1-2H3/t29-/m1/s1. The quantitative estimate of drug-likeness (QED) is 0.365. The van der Waals surface area contributed by atoms with Crippen molar-refractivity contribution in [3.05, 3.63) is 104 Å². The largest absolute Gasteiger partial charge is 0.396 e. The maximum Gasteiger partial charge on any atom is 0.257 e. The van der Waals surface area contributed by atoms with Gasteiger partial charge in [0.2, 0.25) is 0 Å². The Hall–Kier alpha value is -2.48. The molecule has 1 saturated carbocycles. The van der Waals surface area contributed by atoms with E-state index in [9.17, 15) is 15.0 Å². The highest BCUT2D eigenvalue weighted by atomic mass is 35.5. The predicted octanol–water partition coefficient (Wildman–Crippen LogP) is 6.01. The molecule has 0 spiro atoms. The minimum Gasteiger partial charge on any atom is -0.396 e. The van der Waals surface area contributed by atoms with E-state index in [4.69, 9.17) is 27.9 Å². The first-order valence-corrected chi connectivity index (χ1v) is 12.9. The average Bonchev–Trinajstić information content (AvgIpc) is 3.60. The summed E-state index contributed by atoms with van der Waals surface area (Å²) in [6.07, 6.45) is 1.55. The molecule has 8 heteroatoms. The fraction of sp³-hybridized carbons (Fsp3) is 0.345. The smallest absolute Gasteiger partial charge is 0.257 e. The lowest BCUT2D eigenvalue weighted by Gasteiger charge is -2.40. The molecule has 1 aliphatic heterocycles. The number of fused-ring (bicyclic) bond motifs is 1. The van der Waals surface area contributed by atoms with Gasteiger partial charge in [0.1, 0.15) is 5.82 Å². The van der Waals surface area contributed by atoms with Crippen LogP contribution >= 0.6 is 23.2 Å². The van der Waals surface area contributed by atoms with E-state index in [1.807, 2.05) is 0 Å². The van der Waals surface area contributed by atoms with Crippen molar-refractivity contribution in [3.8, 4) is 0 Å². The van der Waals surface area contributed by atoms with Crippen LogP contribution in [0.15, 0.2) is 60.7 Å². The molecule has 1 amide bonds. The van der Waals surface area contributed by atoms with E-state index < -0.39 is 28.5 Å². The second kappa shape index (κ2) is 9.37. The van der Waals surface area contributed by atoms with Crippen LogP contribution in [-0.2, 0) is 22.6 Å². The molecule has 1 atom stereocenters. The Morgan fingerprint density at radius 2 is 1.62 bits per heavy atom. The summed E-state index contributed by atoms with van der Waals surface area (Å²) in [5.74, 6) is -1.09. The van der Waals surface area contributed by atoms with E-state index in [0.29, 0.717) is 15.6 Å². The fourth-order valence-electron chi connectivity index (χ4n) is 4.84. The Balaban J connectivity index is 1.74. The molecule has 0 radical (unpaired) electrons. The van der Waals surface area contributed by atoms with Gasteiger partial charge in [-0.15, -0.1) is 0 Å². The lowest BCUT2D eigenvalue weighted by Crippen LogP contribution is -2.48. The number of halogens is 3. The molecule has 5 rings (SSSR count). The number of aliphatic hydroxyl groups is 2. The molecule has 2 N–H and O–H groups in total. The molecular formula is C29H28Cl2FNO4. The molecule has 37 heavy (non-hydrogen) atoms. The zero-order valence-corrected chi connectivity index (χ0v) is 22.1. The van der Waals surface area contributed by atoms with Crippen LogP contribution in [0.5, 0.6) is 0 Å². The third kappa shape index (κ3) is 4.66. The number of nitrogens with zero attached hydrogens (tertiary/aromatic N) is 1. The first-order valence-electron chi connectivity index (χ1n) is 12.1. The van der Waals surface area contributed by atoms with Gasteiger partial charge < -0.3 is 14.9 Å². The number of aliphatic hydroxyl groups excluding tert-OH is 1. The lowest BCUT2D eigenvalue weighted by molar-refractivity contribution is -0.130. The van der Waals surface area contributed by atoms with Crippen molar-refractivity contribution in [2.45, 2.75) is 44.6 Å². The Labute approximate surface area is 225 Å². The molecular weight excluding hydrogens is 516 g/mol. The summed E-state index contributed by atoms with van der Waals surface area (Å²) in [6, 6.07) is 16.7. The maximum absolute atomic E-state index is 16.1. The van der Waals surface area contributed by atoms with Gasteiger partial charge in [-0.05, 0) is 74.2 Å². The topological polar surface area (TPSA) is 70.0 Å². The third-order valence-corrected chi connectivity index (χ3v) is 7.86. The van der Waals surface area contributed by atoms with Gasteiger partial charge in [0, 0.05) is 27.6 Å². The van der Waals surface area contributed by atoms with Crippen molar-refractivity contribution < 1.29 is 24.1 Å². The van der Waals surface area contributed by atoms with E-state index in [-0.39, 0.29) is 36.4 Å². The number of hydrogen-bond acceptors (Lipinski definition) is 4. The van der Waals surface area contributed by atoms with Crippen molar-refractivity contribution in [1.29, 1.82) is 0 Å². The number of amides is 1. The maximum atomic E-state index is 16.1. The number of ether oxygens (including phenoxy) is 1. The third-order valence-electron chi connectivity index (χ3n) is 7.36. The van der Waals surface area contributed by atoms with Gasteiger partial charge in [-0.25, -0.2) is 4.39 Å². The monoisotopic (exact) mass is 543 g/mol. The van der Waals surface area contributed by atoms with Crippen LogP contribution in [0, 0.1) is 11.2 Å². The molecule has 0 aromatic heterocycles. The van der Waals surface area contributed by atoms with Crippen LogP contribution < -0.4 is 0 Å². The second-order valence-corrected chi connectivity index (χ2v) is 11.4. The van der Waals surface area contributed by atoms with E-state index in [1.54, 1.807) is 62.4 Å². The molecule has 0 saturated heterocycles. The van der Waals surface area contributed by atoms with Crippen molar-refractivity contribution >= 4 is 29.1 Å². The van der Waals surface area contributed by atoms with E-state index in [0.717, 1.165) is 18.4 Å². The zero-order chi connectivity index (χ0) is 26.6. The van der Waals surface area contributed by atoms with E-state index >= 15 is 4.39 Å². The Bertz CT molecular complexity index is 1330. The minimum atomic E-state index is -1.62. The molecule has 2 aliphatic rings. The van der Waals surface area contributed by atoms with Crippen molar-refractivity contribution in [1.82, 2.24) is 4.90 Å². The summed E-state index contributed by atoms with van der Waals surface area (Å²) in [7, 11) is 0. The summed E-state index contributed by atoms with van der Waals surface area (Å²) in [4.78, 5) is 15.6. The van der Waals surface area contributed by atoms with E-state index in [1.165, 1.54) is 17.0 Å². The van der Waals surface area contributed by atoms with Gasteiger partial charge in [0.25, 0.3) is 5.91 Å². The summed E-state index contributed by atoms with van der Waals surface area (Å²) >= 11 is 12.3. The number of rotatable bonds is 8. The molecule has 0 bridgehead atoms. The molecule has 3 aromatic rings. The molecule has 1 aliphatic carbocycles. The number of benzene rings is 3. The Morgan fingerprint density at radius 1 is 1.03 bits per heavy atom. The van der Waals surface area contributed by atoms with Gasteiger partial charge in [0.15, 0.2) is 5.72 Å². The van der Waals surface area contributed by atoms with Crippen molar-refractivity contribution in [2.24, 2.45) is 5.41 Å². The van der Waals surface area contributed by atoms with Crippen LogP contribution in [-0.4, -0.2) is 34.2 Å². The van der Waals surface area contributed by atoms with Crippen molar-refractivity contribution in [3.63, 3.8) is 0 Å². The normalized spacial score (nSPS) is 20.3. The Kier molecular flexibility index (Phi) is 6.62. The average molecular weight is 544 g/mol. The van der Waals surface area contributed by atoms with Crippen LogP contribution in [0.3, 0.4) is 0 Å². The highest BCUT2D eigenvalue weighted by Gasteiger charge is 2.56. The predicted molar refractivity (Wildman–Crippen MR) is 140 cm³/mol. The van der Waals surface area contributed by atoms with Gasteiger partial charge >= 0.3 is 0 Å². The number of carbonyl (C=O) groups excluding carboxylic acids is 1. The highest BCUT2D eigenvalue weighted by molar-refractivity contribution is 6.30. The highest BCUT2D eigenvalue weighted by Crippen LogP contribution is 2.52. The summed E-state index contributed by atoms with van der Waals surface area (Å²) in [5.41, 5.74) is -1.63. The van der Waals surface area contributed by atoms with Crippen LogP contribution in [0.1, 0.15) is 59.3 Å². The number of carbonyl (C=O) groups is 1. The molecule has 0 unspecified atom stereocenters. The van der Waals surface area contributed by atoms with Gasteiger partial charge in [-0.2, -0.15) is 0 Å². The molecule has 1 fully saturated rings. The van der Waals surface area contributed by atoms with Crippen LogP contribution in [0.2, 0.25) is 10.0 Å².